The van der Waals surface area contributed by atoms with E-state index in [1.165, 1.54) is 51.4 Å². The van der Waals surface area contributed by atoms with Crippen molar-refractivity contribution in [2.45, 2.75) is 154 Å². The molecule has 0 N–H and O–H groups in total. The molecule has 1 aliphatic carbocycles. The van der Waals surface area contributed by atoms with E-state index in [0.29, 0.717) is 11.3 Å². The van der Waals surface area contributed by atoms with Crippen LogP contribution in [0.4, 0.5) is 0 Å². The van der Waals surface area contributed by atoms with Crippen LogP contribution in [0.1, 0.15) is 159 Å². The number of carbonyl (C=O) groups excluding carboxylic acids is 1. The Kier molecular flexibility index (Phi) is 41.2. The number of hydrogen-bond donors (Lipinski definition) is 0. The number of carbonyl (C=O) groups is 1. The Balaban J connectivity index is -0.000000202. The second-order valence-electron chi connectivity index (χ2n) is 10.6. The molecular weight excluding hydrogens is 472 g/mol. The highest BCUT2D eigenvalue weighted by atomic mass is 16.1. The van der Waals surface area contributed by atoms with E-state index in [9.17, 15) is 4.79 Å². The van der Waals surface area contributed by atoms with Gasteiger partial charge in [0.1, 0.15) is 6.29 Å². The van der Waals surface area contributed by atoms with Crippen molar-refractivity contribution in [2.24, 2.45) is 23.2 Å². The Bertz CT molecular complexity index is 629. The molecule has 0 heterocycles. The van der Waals surface area contributed by atoms with E-state index in [-0.39, 0.29) is 5.92 Å². The van der Waals surface area contributed by atoms with Gasteiger partial charge in [0.05, 0.1) is 0 Å². The second kappa shape index (κ2) is 34.2. The van der Waals surface area contributed by atoms with Gasteiger partial charge in [-0.2, -0.15) is 0 Å². The molecule has 2 rings (SSSR count). The first-order valence-corrected chi connectivity index (χ1v) is 16.1. The fourth-order valence-corrected chi connectivity index (χ4v) is 4.72. The molecular formula is C38H72O. The van der Waals surface area contributed by atoms with Crippen LogP contribution in [0.25, 0.3) is 0 Å². The summed E-state index contributed by atoms with van der Waals surface area (Å²) in [6.45, 7) is 33.2. The molecule has 1 unspecified atom stereocenters. The minimum Gasteiger partial charge on any atom is -0.303 e. The Morgan fingerprint density at radius 1 is 0.949 bits per heavy atom. The van der Waals surface area contributed by atoms with Gasteiger partial charge in [-0.05, 0) is 73.3 Å². The standard InChI is InChI=1S/C23H38.C4H8O.C3H6.3C2H6.C2H2/c1-6-7-10-20-11-8-9-12-22(20)19(3)17-23(4,5)21-15-13-18(2)14-16-21;1-4(2)3-5;1-3-2;4*1-2/h8-9,11-12,18-19,21H,6-7,10,13-17H2,1-5H3;3-4H,1-2H3;3H,1H2,2H3;3*1-2H3;1-2H. The van der Waals surface area contributed by atoms with Crippen LogP contribution in [0.2, 0.25) is 0 Å². The van der Waals surface area contributed by atoms with Gasteiger partial charge in [0.25, 0.3) is 0 Å². The highest BCUT2D eigenvalue weighted by molar-refractivity contribution is 5.51. The summed E-state index contributed by atoms with van der Waals surface area (Å²) in [6.07, 6.45) is 21.6. The molecule has 0 radical (unpaired) electrons. The average Bonchev–Trinajstić information content (AvgIpc) is 2.97. The van der Waals surface area contributed by atoms with Crippen LogP contribution < -0.4 is 0 Å². The van der Waals surface area contributed by atoms with Crippen LogP contribution in [0, 0.1) is 36.0 Å². The third-order valence-corrected chi connectivity index (χ3v) is 6.61. The van der Waals surface area contributed by atoms with Gasteiger partial charge in [0.15, 0.2) is 0 Å². The summed E-state index contributed by atoms with van der Waals surface area (Å²) < 4.78 is 0. The normalized spacial score (nSPS) is 15.9. The van der Waals surface area contributed by atoms with Gasteiger partial charge in [-0.3, -0.25) is 0 Å². The Morgan fingerprint density at radius 3 is 1.74 bits per heavy atom. The molecule has 1 saturated carbocycles. The van der Waals surface area contributed by atoms with Crippen molar-refractivity contribution in [2.75, 3.05) is 0 Å². The number of benzene rings is 1. The number of rotatable bonds is 8. The van der Waals surface area contributed by atoms with Gasteiger partial charge >= 0.3 is 0 Å². The first kappa shape index (κ1) is 47.0. The van der Waals surface area contributed by atoms with Crippen LogP contribution in [0.3, 0.4) is 0 Å². The molecule has 1 fully saturated rings. The van der Waals surface area contributed by atoms with Gasteiger partial charge in [0.2, 0.25) is 0 Å². The molecule has 0 spiro atoms. The molecule has 0 saturated heterocycles. The Hall–Kier alpha value is -1.81. The molecule has 1 aromatic rings. The number of aldehydes is 1. The van der Waals surface area contributed by atoms with E-state index in [1.54, 1.807) is 17.2 Å². The molecule has 0 amide bonds. The topological polar surface area (TPSA) is 17.1 Å². The summed E-state index contributed by atoms with van der Waals surface area (Å²) >= 11 is 0. The van der Waals surface area contributed by atoms with Crippen molar-refractivity contribution in [3.05, 3.63) is 48.0 Å². The van der Waals surface area contributed by atoms with Crippen molar-refractivity contribution in [3.8, 4) is 12.8 Å². The molecule has 1 nitrogen and oxygen atoms in total. The number of unbranched alkanes of at least 4 members (excludes halogenated alkanes) is 1. The SMILES string of the molecule is C#C.C=CC.CC.CC.CC.CC(C)C=O.CCCCc1ccccc1C(C)CC(C)(C)C1CCC(C)CC1. The van der Waals surface area contributed by atoms with Gasteiger partial charge in [0, 0.05) is 5.92 Å². The van der Waals surface area contributed by atoms with E-state index in [2.05, 4.69) is 78.3 Å². The highest BCUT2D eigenvalue weighted by Gasteiger charge is 2.33. The van der Waals surface area contributed by atoms with Crippen molar-refractivity contribution in [1.82, 2.24) is 0 Å². The minimum absolute atomic E-state index is 0.204. The summed E-state index contributed by atoms with van der Waals surface area (Å²) in [5, 5.41) is 0. The molecule has 0 aliphatic heterocycles. The van der Waals surface area contributed by atoms with Gasteiger partial charge < -0.3 is 4.79 Å². The summed E-state index contributed by atoms with van der Waals surface area (Å²) in [6, 6.07) is 9.19. The van der Waals surface area contributed by atoms with Crippen LogP contribution in [0.5, 0.6) is 0 Å². The maximum Gasteiger partial charge on any atom is 0.122 e. The predicted octanol–water partition coefficient (Wildman–Crippen LogP) is 12.7. The maximum absolute atomic E-state index is 9.50. The third kappa shape index (κ3) is 26.2. The third-order valence-electron chi connectivity index (χ3n) is 6.61. The van der Waals surface area contributed by atoms with Crippen LogP contribution >= 0.6 is 0 Å². The minimum atomic E-state index is 0.204. The molecule has 1 atom stereocenters. The maximum atomic E-state index is 9.50. The van der Waals surface area contributed by atoms with E-state index in [1.807, 2.05) is 62.3 Å². The molecule has 0 bridgehead atoms. The lowest BCUT2D eigenvalue weighted by atomic mass is 9.65. The largest absolute Gasteiger partial charge is 0.303 e. The monoisotopic (exact) mass is 545 g/mol. The zero-order chi connectivity index (χ0) is 31.9. The van der Waals surface area contributed by atoms with E-state index < -0.39 is 0 Å². The van der Waals surface area contributed by atoms with Crippen LogP contribution in [-0.2, 0) is 11.2 Å². The fraction of sp³-hybridized carbons (Fsp3) is 0.711. The Labute approximate surface area is 249 Å². The summed E-state index contributed by atoms with van der Waals surface area (Å²) in [5.41, 5.74) is 3.67. The Morgan fingerprint density at radius 2 is 1.36 bits per heavy atom. The molecule has 1 heteroatoms. The molecule has 0 aromatic heterocycles. The fourth-order valence-electron chi connectivity index (χ4n) is 4.72. The number of aryl methyl sites for hydroxylation is 1. The lowest BCUT2D eigenvalue weighted by Crippen LogP contribution is -2.29. The van der Waals surface area contributed by atoms with Crippen LogP contribution in [0.15, 0.2) is 36.9 Å². The quantitative estimate of drug-likeness (QED) is 0.181. The van der Waals surface area contributed by atoms with Crippen molar-refractivity contribution >= 4 is 6.29 Å². The highest BCUT2D eigenvalue weighted by Crippen LogP contribution is 2.45. The van der Waals surface area contributed by atoms with Crippen molar-refractivity contribution in [1.29, 1.82) is 0 Å². The lowest BCUT2D eigenvalue weighted by Gasteiger charge is -2.40. The van der Waals surface area contributed by atoms with Gasteiger partial charge in [-0.25, -0.2) is 0 Å². The summed E-state index contributed by atoms with van der Waals surface area (Å²) in [5.74, 6) is 2.76. The smallest absolute Gasteiger partial charge is 0.122 e. The number of allylic oxidation sites excluding steroid dienone is 1. The summed E-state index contributed by atoms with van der Waals surface area (Å²) in [7, 11) is 0. The van der Waals surface area contributed by atoms with Gasteiger partial charge in [-0.1, -0.05) is 140 Å². The average molecular weight is 545 g/mol. The number of hydrogen-bond acceptors (Lipinski definition) is 1. The van der Waals surface area contributed by atoms with E-state index in [4.69, 9.17) is 0 Å². The first-order chi connectivity index (χ1) is 18.6. The molecule has 230 valence electrons. The van der Waals surface area contributed by atoms with Crippen LogP contribution in [-0.4, -0.2) is 6.29 Å². The first-order valence-electron chi connectivity index (χ1n) is 16.1. The van der Waals surface area contributed by atoms with Gasteiger partial charge in [-0.15, -0.1) is 19.4 Å². The number of terminal acetylenes is 1. The molecule has 1 aromatic carbocycles. The lowest BCUT2D eigenvalue weighted by molar-refractivity contribution is -0.110. The second-order valence-corrected chi connectivity index (χ2v) is 10.6. The zero-order valence-electron chi connectivity index (χ0n) is 29.2. The van der Waals surface area contributed by atoms with E-state index >= 15 is 0 Å². The summed E-state index contributed by atoms with van der Waals surface area (Å²) in [4.78, 5) is 9.50. The molecule has 1 aliphatic rings. The van der Waals surface area contributed by atoms with Crippen molar-refractivity contribution in [3.63, 3.8) is 0 Å². The predicted molar refractivity (Wildman–Crippen MR) is 184 cm³/mol. The molecule has 39 heavy (non-hydrogen) atoms. The zero-order valence-corrected chi connectivity index (χ0v) is 29.2. The van der Waals surface area contributed by atoms with E-state index in [0.717, 1.165) is 18.1 Å². The van der Waals surface area contributed by atoms with Crippen molar-refractivity contribution < 1.29 is 4.79 Å².